The fourth-order valence-electron chi connectivity index (χ4n) is 4.75. The van der Waals surface area contributed by atoms with Crippen LogP contribution in [0.3, 0.4) is 0 Å². The third-order valence-corrected chi connectivity index (χ3v) is 8.12. The van der Waals surface area contributed by atoms with E-state index in [0.717, 1.165) is 73.5 Å². The smallest absolute Gasteiger partial charge is 0.275 e. The van der Waals surface area contributed by atoms with Gasteiger partial charge < -0.3 is 9.64 Å². The van der Waals surface area contributed by atoms with Gasteiger partial charge in [-0.15, -0.1) is 11.3 Å². The van der Waals surface area contributed by atoms with Crippen LogP contribution in [0, 0.1) is 0 Å². The molecule has 6 nitrogen and oxygen atoms in total. The zero-order valence-electron chi connectivity index (χ0n) is 17.2. The molecular formula is C23H20Cl2N4O2S. The van der Waals surface area contributed by atoms with Crippen molar-refractivity contribution in [3.8, 4) is 5.69 Å². The van der Waals surface area contributed by atoms with Gasteiger partial charge in [0, 0.05) is 18.5 Å². The van der Waals surface area contributed by atoms with E-state index in [0.29, 0.717) is 20.4 Å². The highest BCUT2D eigenvalue weighted by Crippen LogP contribution is 2.40. The van der Waals surface area contributed by atoms with E-state index in [1.165, 1.54) is 27.0 Å². The summed E-state index contributed by atoms with van der Waals surface area (Å²) < 4.78 is 7.69. The Kier molecular flexibility index (Phi) is 5.10. The van der Waals surface area contributed by atoms with Crippen molar-refractivity contribution >= 4 is 60.8 Å². The lowest BCUT2D eigenvalue weighted by Crippen LogP contribution is -2.37. The number of rotatable bonds is 2. The minimum Gasteiger partial charge on any atom is -0.378 e. The van der Waals surface area contributed by atoms with Crippen LogP contribution in [0.4, 0.5) is 5.82 Å². The number of thiophene rings is 1. The van der Waals surface area contributed by atoms with Gasteiger partial charge >= 0.3 is 0 Å². The van der Waals surface area contributed by atoms with Gasteiger partial charge in [-0.1, -0.05) is 23.2 Å². The number of anilines is 1. The summed E-state index contributed by atoms with van der Waals surface area (Å²) in [7, 11) is 0. The molecule has 1 aliphatic heterocycles. The fraction of sp³-hybridized carbons (Fsp3) is 0.348. The van der Waals surface area contributed by atoms with Crippen LogP contribution in [0.2, 0.25) is 10.0 Å². The summed E-state index contributed by atoms with van der Waals surface area (Å²) in [5.74, 6) is 1.06. The molecule has 6 rings (SSSR count). The predicted octanol–water partition coefficient (Wildman–Crippen LogP) is 5.02. The second kappa shape index (κ2) is 7.99. The maximum atomic E-state index is 13.5. The van der Waals surface area contributed by atoms with Crippen molar-refractivity contribution in [2.75, 3.05) is 31.2 Å². The van der Waals surface area contributed by atoms with Crippen molar-refractivity contribution in [2.45, 2.75) is 25.7 Å². The molecule has 1 aliphatic carbocycles. The Morgan fingerprint density at radius 3 is 2.59 bits per heavy atom. The first-order valence-corrected chi connectivity index (χ1v) is 12.3. The Bertz CT molecular complexity index is 1430. The first-order chi connectivity index (χ1) is 15.6. The number of fused-ring (bicyclic) bond motifs is 5. The Morgan fingerprint density at radius 1 is 1.03 bits per heavy atom. The molecule has 1 aromatic carbocycles. The summed E-state index contributed by atoms with van der Waals surface area (Å²) in [5.41, 5.74) is 3.91. The van der Waals surface area contributed by atoms with Crippen molar-refractivity contribution in [2.24, 2.45) is 0 Å². The molecule has 1 saturated heterocycles. The Hall–Kier alpha value is -2.19. The van der Waals surface area contributed by atoms with Gasteiger partial charge in [0.05, 0.1) is 34.5 Å². The molecule has 2 aliphatic rings. The van der Waals surface area contributed by atoms with Crippen LogP contribution < -0.4 is 10.5 Å². The van der Waals surface area contributed by atoms with Gasteiger partial charge in [0.15, 0.2) is 0 Å². The highest BCUT2D eigenvalue weighted by molar-refractivity contribution is 7.25. The van der Waals surface area contributed by atoms with Crippen molar-refractivity contribution in [1.82, 2.24) is 14.5 Å². The molecule has 0 bridgehead atoms. The number of aryl methyl sites for hydroxylation is 1. The fourth-order valence-corrected chi connectivity index (χ4v) is 6.13. The van der Waals surface area contributed by atoms with Gasteiger partial charge in [-0.2, -0.15) is 0 Å². The molecule has 164 valence electrons. The van der Waals surface area contributed by atoms with Crippen molar-refractivity contribution in [3.05, 3.63) is 56.1 Å². The van der Waals surface area contributed by atoms with E-state index in [1.807, 2.05) is 0 Å². The minimum atomic E-state index is -0.117. The topological polar surface area (TPSA) is 60.3 Å². The molecule has 32 heavy (non-hydrogen) atoms. The van der Waals surface area contributed by atoms with Gasteiger partial charge in [-0.25, -0.2) is 9.97 Å². The predicted molar refractivity (Wildman–Crippen MR) is 130 cm³/mol. The van der Waals surface area contributed by atoms with E-state index in [4.69, 9.17) is 37.9 Å². The van der Waals surface area contributed by atoms with Crippen molar-refractivity contribution in [3.63, 3.8) is 0 Å². The number of hydrogen-bond acceptors (Lipinski definition) is 6. The molecule has 3 aromatic heterocycles. The SMILES string of the molecule is O=c1c2sc3nc(N4CCOCC4)c4c(c3c2ncn1-c1ccc(Cl)c(Cl)c1)CCCC4. The molecule has 0 unspecified atom stereocenters. The largest absolute Gasteiger partial charge is 0.378 e. The lowest BCUT2D eigenvalue weighted by Gasteiger charge is -2.31. The zero-order chi connectivity index (χ0) is 21.8. The van der Waals surface area contributed by atoms with E-state index in [9.17, 15) is 4.79 Å². The second-order valence-corrected chi connectivity index (χ2v) is 9.99. The molecule has 1 fully saturated rings. The summed E-state index contributed by atoms with van der Waals surface area (Å²) >= 11 is 13.7. The number of morpholine rings is 1. The number of hydrogen-bond donors (Lipinski definition) is 0. The number of halogens is 2. The maximum Gasteiger partial charge on any atom is 0.275 e. The average molecular weight is 487 g/mol. The number of benzene rings is 1. The average Bonchev–Trinajstić information content (AvgIpc) is 3.21. The first-order valence-electron chi connectivity index (χ1n) is 10.8. The zero-order valence-corrected chi connectivity index (χ0v) is 19.6. The van der Waals surface area contributed by atoms with E-state index >= 15 is 0 Å². The number of nitrogens with zero attached hydrogens (tertiary/aromatic N) is 4. The standard InChI is InChI=1S/C23H20Cl2N4O2S/c24-16-6-5-13(11-17(16)25)29-12-26-19-18-14-3-1-2-4-15(14)21(28-7-9-31-10-8-28)27-22(18)32-20(19)23(29)30/h5-6,11-12H,1-4,7-10H2. The highest BCUT2D eigenvalue weighted by atomic mass is 35.5. The van der Waals surface area contributed by atoms with Crippen LogP contribution in [0.1, 0.15) is 24.0 Å². The molecule has 0 radical (unpaired) electrons. The Morgan fingerprint density at radius 2 is 1.81 bits per heavy atom. The summed E-state index contributed by atoms with van der Waals surface area (Å²) in [6, 6.07) is 5.14. The van der Waals surface area contributed by atoms with Crippen LogP contribution in [0.25, 0.3) is 26.1 Å². The lowest BCUT2D eigenvalue weighted by atomic mass is 9.90. The maximum absolute atomic E-state index is 13.5. The summed E-state index contributed by atoms with van der Waals surface area (Å²) in [4.78, 5) is 26.5. The first kappa shape index (κ1) is 20.4. The highest BCUT2D eigenvalue weighted by Gasteiger charge is 2.26. The molecule has 0 atom stereocenters. The quantitative estimate of drug-likeness (QED) is 0.398. The Balaban J connectivity index is 1.59. The molecule has 9 heteroatoms. The Labute approximate surface area is 198 Å². The molecule has 0 amide bonds. The number of pyridine rings is 1. The molecule has 0 N–H and O–H groups in total. The normalized spacial score (nSPS) is 16.6. The van der Waals surface area contributed by atoms with Gasteiger partial charge in [0.1, 0.15) is 21.7 Å². The van der Waals surface area contributed by atoms with Crippen LogP contribution in [-0.2, 0) is 17.6 Å². The van der Waals surface area contributed by atoms with Gasteiger partial charge in [0.25, 0.3) is 5.56 Å². The third kappa shape index (κ3) is 3.22. The lowest BCUT2D eigenvalue weighted by molar-refractivity contribution is 0.122. The van der Waals surface area contributed by atoms with E-state index in [-0.39, 0.29) is 5.56 Å². The van der Waals surface area contributed by atoms with Crippen molar-refractivity contribution < 1.29 is 4.74 Å². The molecule has 4 heterocycles. The molecular weight excluding hydrogens is 467 g/mol. The summed E-state index contributed by atoms with van der Waals surface area (Å²) in [6.45, 7) is 3.13. The van der Waals surface area contributed by atoms with E-state index in [2.05, 4.69) is 4.90 Å². The minimum absolute atomic E-state index is 0.117. The van der Waals surface area contributed by atoms with Gasteiger partial charge in [0.2, 0.25) is 0 Å². The number of ether oxygens (including phenoxy) is 1. The molecule has 0 spiro atoms. The number of aromatic nitrogens is 3. The van der Waals surface area contributed by atoms with Crippen molar-refractivity contribution in [1.29, 1.82) is 0 Å². The summed E-state index contributed by atoms with van der Waals surface area (Å²) in [6.07, 6.45) is 5.91. The van der Waals surface area contributed by atoms with Crippen LogP contribution >= 0.6 is 34.5 Å². The van der Waals surface area contributed by atoms with Gasteiger partial charge in [-0.05, 0) is 55.0 Å². The second-order valence-electron chi connectivity index (χ2n) is 8.18. The molecule has 4 aromatic rings. The summed E-state index contributed by atoms with van der Waals surface area (Å²) in [5, 5.41) is 1.90. The van der Waals surface area contributed by atoms with Gasteiger partial charge in [-0.3, -0.25) is 9.36 Å². The third-order valence-electron chi connectivity index (χ3n) is 6.32. The van der Waals surface area contributed by atoms with E-state index < -0.39 is 0 Å². The molecule has 0 saturated carbocycles. The monoisotopic (exact) mass is 486 g/mol. The van der Waals surface area contributed by atoms with Crippen LogP contribution in [0.15, 0.2) is 29.3 Å². The van der Waals surface area contributed by atoms with Crippen LogP contribution in [-0.4, -0.2) is 40.8 Å². The van der Waals surface area contributed by atoms with E-state index in [1.54, 1.807) is 24.5 Å². The van der Waals surface area contributed by atoms with Crippen LogP contribution in [0.5, 0.6) is 0 Å².